The number of rotatable bonds is 5. The average Bonchev–Trinajstić information content (AvgIpc) is 2.21. The van der Waals surface area contributed by atoms with E-state index in [9.17, 15) is 0 Å². The van der Waals surface area contributed by atoms with E-state index >= 15 is 0 Å². The van der Waals surface area contributed by atoms with Gasteiger partial charge in [0.1, 0.15) is 0 Å². The highest BCUT2D eigenvalue weighted by atomic mass is 32.1. The molecule has 0 aliphatic carbocycles. The van der Waals surface area contributed by atoms with Crippen molar-refractivity contribution < 1.29 is 14.0 Å². The average molecular weight is 212 g/mol. The van der Waals surface area contributed by atoms with Crippen molar-refractivity contribution >= 4 is 12.9 Å². The van der Waals surface area contributed by atoms with Crippen LogP contribution in [0.25, 0.3) is 0 Å². The van der Waals surface area contributed by atoms with Gasteiger partial charge in [-0.05, 0) is 24.1 Å². The predicted octanol–water partition coefficient (Wildman–Crippen LogP) is 2.58. The number of thiol groups is 1. The summed E-state index contributed by atoms with van der Waals surface area (Å²) in [6.07, 6.45) is 2.61. The number of benzene rings is 1. The lowest BCUT2D eigenvalue weighted by molar-refractivity contribution is -0.0761. The zero-order valence-corrected chi connectivity index (χ0v) is 8.79. The summed E-state index contributed by atoms with van der Waals surface area (Å²) in [7, 11) is 1.57. The lowest BCUT2D eigenvalue weighted by atomic mass is 10.1. The van der Waals surface area contributed by atoms with Gasteiger partial charge < -0.3 is 9.62 Å². The molecule has 0 radical (unpaired) electrons. The van der Waals surface area contributed by atoms with E-state index in [1.165, 1.54) is 0 Å². The lowest BCUT2D eigenvalue weighted by Crippen LogP contribution is -1.93. The van der Waals surface area contributed by atoms with E-state index in [0.29, 0.717) is 11.5 Å². The first-order valence-electron chi connectivity index (χ1n) is 4.07. The molecule has 0 saturated heterocycles. The van der Waals surface area contributed by atoms with Crippen molar-refractivity contribution in [3.05, 3.63) is 36.4 Å². The number of allylic oxidation sites excluding steroid dienone is 1. The Bertz CT molecular complexity index is 312. The largest absolute Gasteiger partial charge is 0.493 e. The minimum absolute atomic E-state index is 0.496. The Hall–Kier alpha value is -1.13. The van der Waals surface area contributed by atoms with Crippen molar-refractivity contribution in [3.63, 3.8) is 0 Å². The van der Waals surface area contributed by atoms with Crippen molar-refractivity contribution in [1.29, 1.82) is 0 Å². The number of hydrogen-bond acceptors (Lipinski definition) is 4. The summed E-state index contributed by atoms with van der Waals surface area (Å²) in [6.45, 7) is 3.66. The molecule has 3 nitrogen and oxygen atoms in total. The Kier molecular flexibility index (Phi) is 4.35. The molecule has 0 N–H and O–H groups in total. The summed E-state index contributed by atoms with van der Waals surface area (Å²) in [6, 6.07) is 5.53. The van der Waals surface area contributed by atoms with Gasteiger partial charge in [0.15, 0.2) is 5.75 Å². The summed E-state index contributed by atoms with van der Waals surface area (Å²) in [4.78, 5) is 4.77. The van der Waals surface area contributed by atoms with E-state index in [1.54, 1.807) is 13.2 Å². The smallest absolute Gasteiger partial charge is 0.208 e. The summed E-state index contributed by atoms with van der Waals surface area (Å²) in [5, 5.41) is 0. The van der Waals surface area contributed by atoms with Gasteiger partial charge >= 0.3 is 0 Å². The topological polar surface area (TPSA) is 27.7 Å². The van der Waals surface area contributed by atoms with Gasteiger partial charge in [0, 0.05) is 12.9 Å². The maximum Gasteiger partial charge on any atom is 0.208 e. The highest BCUT2D eigenvalue weighted by Gasteiger charge is 2.05. The maximum absolute atomic E-state index is 5.11. The molecular weight excluding hydrogens is 200 g/mol. The van der Waals surface area contributed by atoms with Gasteiger partial charge in [-0.1, -0.05) is 12.1 Å². The Labute approximate surface area is 88.8 Å². The Morgan fingerprint density at radius 2 is 2.21 bits per heavy atom. The van der Waals surface area contributed by atoms with Crippen molar-refractivity contribution in [3.8, 4) is 11.5 Å². The SMILES string of the molecule is C=CCc1ccc(OOS)c(OC)c1. The van der Waals surface area contributed by atoms with Crippen LogP contribution in [0.15, 0.2) is 30.9 Å². The first-order chi connectivity index (χ1) is 6.81. The lowest BCUT2D eigenvalue weighted by Gasteiger charge is -2.07. The minimum Gasteiger partial charge on any atom is -0.493 e. The molecule has 0 heterocycles. The van der Waals surface area contributed by atoms with E-state index in [1.807, 2.05) is 18.2 Å². The Morgan fingerprint density at radius 1 is 1.43 bits per heavy atom. The van der Waals surface area contributed by atoms with Crippen LogP contribution in [0, 0.1) is 0 Å². The third kappa shape index (κ3) is 2.68. The van der Waals surface area contributed by atoms with E-state index in [4.69, 9.17) is 9.62 Å². The summed E-state index contributed by atoms with van der Waals surface area (Å²) in [5.41, 5.74) is 1.10. The van der Waals surface area contributed by atoms with Gasteiger partial charge in [0.2, 0.25) is 5.75 Å². The van der Waals surface area contributed by atoms with Gasteiger partial charge in [-0.3, -0.25) is 0 Å². The molecule has 0 spiro atoms. The van der Waals surface area contributed by atoms with Gasteiger partial charge in [-0.2, -0.15) is 0 Å². The molecular formula is C10H12O3S. The molecule has 0 aliphatic rings. The van der Waals surface area contributed by atoms with Crippen LogP contribution in [0.3, 0.4) is 0 Å². The first-order valence-corrected chi connectivity index (χ1v) is 4.44. The maximum atomic E-state index is 5.11. The van der Waals surface area contributed by atoms with Crippen LogP contribution in [0.1, 0.15) is 5.56 Å². The first kappa shape index (κ1) is 10.9. The quantitative estimate of drug-likeness (QED) is 0.267. The van der Waals surface area contributed by atoms with Gasteiger partial charge in [-0.25, -0.2) is 0 Å². The summed E-state index contributed by atoms with van der Waals surface area (Å²) >= 11 is 3.49. The molecule has 1 rings (SSSR count). The molecule has 0 amide bonds. The van der Waals surface area contributed by atoms with Crippen molar-refractivity contribution in [2.75, 3.05) is 7.11 Å². The van der Waals surface area contributed by atoms with Crippen LogP contribution in [0.4, 0.5) is 0 Å². The van der Waals surface area contributed by atoms with E-state index in [2.05, 4.69) is 23.8 Å². The van der Waals surface area contributed by atoms with Crippen molar-refractivity contribution in [2.24, 2.45) is 0 Å². The molecule has 76 valence electrons. The molecule has 0 aromatic heterocycles. The number of hydrogen-bond donors (Lipinski definition) is 1. The van der Waals surface area contributed by atoms with Crippen molar-refractivity contribution in [1.82, 2.24) is 0 Å². The zero-order chi connectivity index (χ0) is 10.4. The molecule has 1 aromatic rings. The third-order valence-electron chi connectivity index (χ3n) is 1.74. The minimum atomic E-state index is 0.496. The number of methoxy groups -OCH3 is 1. The second-order valence-electron chi connectivity index (χ2n) is 2.64. The van der Waals surface area contributed by atoms with Crippen LogP contribution in [-0.4, -0.2) is 7.11 Å². The van der Waals surface area contributed by atoms with E-state index in [0.717, 1.165) is 12.0 Å². The second-order valence-corrected chi connectivity index (χ2v) is 2.78. The highest BCUT2D eigenvalue weighted by Crippen LogP contribution is 2.28. The molecule has 0 fully saturated rings. The van der Waals surface area contributed by atoms with Gasteiger partial charge in [0.25, 0.3) is 0 Å². The van der Waals surface area contributed by atoms with Crippen LogP contribution in [0.5, 0.6) is 11.5 Å². The highest BCUT2D eigenvalue weighted by molar-refractivity contribution is 7.74. The molecule has 0 atom stereocenters. The zero-order valence-electron chi connectivity index (χ0n) is 7.90. The Balaban J connectivity index is 2.92. The van der Waals surface area contributed by atoms with E-state index in [-0.39, 0.29) is 0 Å². The summed E-state index contributed by atoms with van der Waals surface area (Å²) < 4.78 is 9.38. The van der Waals surface area contributed by atoms with Crippen molar-refractivity contribution in [2.45, 2.75) is 6.42 Å². The Morgan fingerprint density at radius 3 is 2.79 bits per heavy atom. The van der Waals surface area contributed by atoms with Gasteiger partial charge in [0.05, 0.1) is 7.11 Å². The van der Waals surface area contributed by atoms with Gasteiger partial charge in [-0.15, -0.1) is 10.9 Å². The van der Waals surface area contributed by atoms with Crippen LogP contribution in [-0.2, 0) is 10.8 Å². The normalized spacial score (nSPS) is 9.57. The van der Waals surface area contributed by atoms with E-state index < -0.39 is 0 Å². The summed E-state index contributed by atoms with van der Waals surface area (Å²) in [5.74, 6) is 1.11. The standard InChI is InChI=1S/C10H12O3S/c1-3-4-8-5-6-9(12-13-14)10(7-8)11-2/h3,5-7,14H,1,4H2,2H3. The predicted molar refractivity (Wildman–Crippen MR) is 57.6 cm³/mol. The molecule has 4 heteroatoms. The second kappa shape index (κ2) is 5.57. The fraction of sp³-hybridized carbons (Fsp3) is 0.200. The third-order valence-corrected chi connectivity index (χ3v) is 1.81. The molecule has 14 heavy (non-hydrogen) atoms. The number of ether oxygens (including phenoxy) is 1. The molecule has 1 aromatic carbocycles. The monoisotopic (exact) mass is 212 g/mol. The fourth-order valence-corrected chi connectivity index (χ4v) is 1.19. The van der Waals surface area contributed by atoms with Crippen LogP contribution < -0.4 is 9.62 Å². The molecule has 0 saturated carbocycles. The fourth-order valence-electron chi connectivity index (χ4n) is 1.11. The van der Waals surface area contributed by atoms with Crippen LogP contribution in [0.2, 0.25) is 0 Å². The molecule has 0 unspecified atom stereocenters. The molecule has 0 aliphatic heterocycles. The molecule has 0 bridgehead atoms. The van der Waals surface area contributed by atoms with Crippen LogP contribution >= 0.6 is 12.9 Å².